The molecule has 0 aliphatic heterocycles. The first-order chi connectivity index (χ1) is 9.20. The Morgan fingerprint density at radius 2 is 2.00 bits per heavy atom. The SMILES string of the molecule is CC(C)(C)C(N)CC(=O)NCCc1ccc(Cl)cc1Cl. The number of hydrogen-bond donors (Lipinski definition) is 2. The molecule has 0 fully saturated rings. The molecule has 1 aromatic carbocycles. The van der Waals surface area contributed by atoms with E-state index >= 15 is 0 Å². The molecule has 1 amide bonds. The van der Waals surface area contributed by atoms with Gasteiger partial charge in [-0.3, -0.25) is 4.79 Å². The van der Waals surface area contributed by atoms with E-state index in [1.54, 1.807) is 12.1 Å². The summed E-state index contributed by atoms with van der Waals surface area (Å²) in [6.07, 6.45) is 1.00. The number of amides is 1. The van der Waals surface area contributed by atoms with E-state index < -0.39 is 0 Å². The fourth-order valence-electron chi connectivity index (χ4n) is 1.64. The molecule has 20 heavy (non-hydrogen) atoms. The third-order valence-corrected chi connectivity index (χ3v) is 3.84. The Morgan fingerprint density at radius 3 is 2.55 bits per heavy atom. The van der Waals surface area contributed by atoms with Crippen LogP contribution in [0, 0.1) is 5.41 Å². The Balaban J connectivity index is 2.39. The van der Waals surface area contributed by atoms with Crippen molar-refractivity contribution in [2.75, 3.05) is 6.54 Å². The van der Waals surface area contributed by atoms with Crippen molar-refractivity contribution >= 4 is 29.1 Å². The maximum absolute atomic E-state index is 11.8. The fourth-order valence-corrected chi connectivity index (χ4v) is 2.14. The average molecular weight is 317 g/mol. The Labute approximate surface area is 130 Å². The number of benzene rings is 1. The van der Waals surface area contributed by atoms with Crippen molar-refractivity contribution in [2.45, 2.75) is 39.7 Å². The molecule has 0 aromatic heterocycles. The topological polar surface area (TPSA) is 55.1 Å². The molecule has 1 aromatic rings. The third kappa shape index (κ3) is 5.70. The number of hydrogen-bond acceptors (Lipinski definition) is 2. The summed E-state index contributed by atoms with van der Waals surface area (Å²) in [5.74, 6) is -0.0301. The lowest BCUT2D eigenvalue weighted by Gasteiger charge is -2.26. The Morgan fingerprint density at radius 1 is 1.35 bits per heavy atom. The highest BCUT2D eigenvalue weighted by Crippen LogP contribution is 2.21. The zero-order chi connectivity index (χ0) is 15.3. The van der Waals surface area contributed by atoms with Crippen LogP contribution in [0.5, 0.6) is 0 Å². The van der Waals surface area contributed by atoms with Crippen LogP contribution < -0.4 is 11.1 Å². The van der Waals surface area contributed by atoms with Gasteiger partial charge < -0.3 is 11.1 Å². The highest BCUT2D eigenvalue weighted by molar-refractivity contribution is 6.35. The van der Waals surface area contributed by atoms with Crippen LogP contribution in [0.1, 0.15) is 32.8 Å². The van der Waals surface area contributed by atoms with E-state index in [4.69, 9.17) is 28.9 Å². The smallest absolute Gasteiger partial charge is 0.221 e. The molecule has 0 aliphatic carbocycles. The van der Waals surface area contributed by atoms with Gasteiger partial charge in [0.05, 0.1) is 0 Å². The monoisotopic (exact) mass is 316 g/mol. The zero-order valence-corrected chi connectivity index (χ0v) is 13.7. The summed E-state index contributed by atoms with van der Waals surface area (Å²) in [5, 5.41) is 4.10. The van der Waals surface area contributed by atoms with Gasteiger partial charge in [0.25, 0.3) is 0 Å². The molecule has 0 saturated carbocycles. The maximum atomic E-state index is 11.8. The van der Waals surface area contributed by atoms with Gasteiger partial charge in [-0.2, -0.15) is 0 Å². The summed E-state index contributed by atoms with van der Waals surface area (Å²) in [6.45, 7) is 6.62. The molecular weight excluding hydrogens is 295 g/mol. The molecule has 0 heterocycles. The first-order valence-corrected chi connectivity index (χ1v) is 7.42. The van der Waals surface area contributed by atoms with Gasteiger partial charge in [-0.05, 0) is 29.5 Å². The van der Waals surface area contributed by atoms with Crippen LogP contribution in [-0.4, -0.2) is 18.5 Å². The minimum absolute atomic E-state index is 0.0301. The van der Waals surface area contributed by atoms with Crippen molar-refractivity contribution in [1.29, 1.82) is 0 Å². The van der Waals surface area contributed by atoms with Crippen molar-refractivity contribution in [1.82, 2.24) is 5.32 Å². The molecule has 3 nitrogen and oxygen atoms in total. The van der Waals surface area contributed by atoms with Crippen LogP contribution in [0.25, 0.3) is 0 Å². The first-order valence-electron chi connectivity index (χ1n) is 6.66. The lowest BCUT2D eigenvalue weighted by Crippen LogP contribution is -2.40. The molecule has 0 spiro atoms. The van der Waals surface area contributed by atoms with Gasteiger partial charge in [0.2, 0.25) is 5.91 Å². The van der Waals surface area contributed by atoms with Crippen LogP contribution in [0.4, 0.5) is 0 Å². The molecule has 112 valence electrons. The Hall–Kier alpha value is -0.770. The number of nitrogens with two attached hydrogens (primary N) is 1. The van der Waals surface area contributed by atoms with E-state index in [-0.39, 0.29) is 17.4 Å². The van der Waals surface area contributed by atoms with Crippen LogP contribution in [0.3, 0.4) is 0 Å². The average Bonchev–Trinajstić information content (AvgIpc) is 2.30. The molecule has 3 N–H and O–H groups in total. The number of rotatable bonds is 5. The molecule has 1 unspecified atom stereocenters. The van der Waals surface area contributed by atoms with Gasteiger partial charge in [0, 0.05) is 29.1 Å². The van der Waals surface area contributed by atoms with E-state index in [2.05, 4.69) is 5.32 Å². The third-order valence-electron chi connectivity index (χ3n) is 3.25. The van der Waals surface area contributed by atoms with E-state index in [1.807, 2.05) is 26.8 Å². The number of carbonyl (C=O) groups excluding carboxylic acids is 1. The second kappa shape index (κ2) is 7.30. The molecule has 0 bridgehead atoms. The van der Waals surface area contributed by atoms with Gasteiger partial charge in [0.15, 0.2) is 0 Å². The summed E-state index contributed by atoms with van der Waals surface area (Å²) < 4.78 is 0. The molecule has 0 aliphatic rings. The van der Waals surface area contributed by atoms with Crippen molar-refractivity contribution < 1.29 is 4.79 Å². The van der Waals surface area contributed by atoms with E-state index in [1.165, 1.54) is 0 Å². The van der Waals surface area contributed by atoms with Crippen molar-refractivity contribution in [2.24, 2.45) is 11.1 Å². The highest BCUT2D eigenvalue weighted by Gasteiger charge is 2.22. The van der Waals surface area contributed by atoms with Crippen LogP contribution in [0.15, 0.2) is 18.2 Å². The van der Waals surface area contributed by atoms with E-state index in [0.717, 1.165) is 5.56 Å². The lowest BCUT2D eigenvalue weighted by atomic mass is 9.85. The largest absolute Gasteiger partial charge is 0.356 e. The molecule has 0 saturated heterocycles. The van der Waals surface area contributed by atoms with Gasteiger partial charge in [-0.1, -0.05) is 50.0 Å². The minimum Gasteiger partial charge on any atom is -0.356 e. The van der Waals surface area contributed by atoms with E-state index in [0.29, 0.717) is 29.4 Å². The predicted octanol–water partition coefficient (Wildman–Crippen LogP) is 3.42. The summed E-state index contributed by atoms with van der Waals surface area (Å²) in [4.78, 5) is 11.8. The number of nitrogens with one attached hydrogen (secondary N) is 1. The highest BCUT2D eigenvalue weighted by atomic mass is 35.5. The summed E-state index contributed by atoms with van der Waals surface area (Å²) in [5.41, 5.74) is 6.88. The normalized spacial score (nSPS) is 13.1. The summed E-state index contributed by atoms with van der Waals surface area (Å²) >= 11 is 11.9. The standard InChI is InChI=1S/C15H22Cl2N2O/c1-15(2,3)13(18)9-14(20)19-7-6-10-4-5-11(16)8-12(10)17/h4-5,8,13H,6-7,9,18H2,1-3H3,(H,19,20). The van der Waals surface area contributed by atoms with Crippen molar-refractivity contribution in [3.8, 4) is 0 Å². The maximum Gasteiger partial charge on any atom is 0.221 e. The van der Waals surface area contributed by atoms with Crippen LogP contribution in [-0.2, 0) is 11.2 Å². The summed E-state index contributed by atoms with van der Waals surface area (Å²) in [6, 6.07) is 5.22. The molecule has 0 radical (unpaired) electrons. The van der Waals surface area contributed by atoms with Gasteiger partial charge >= 0.3 is 0 Å². The number of carbonyl (C=O) groups is 1. The quantitative estimate of drug-likeness (QED) is 0.874. The molecule has 5 heteroatoms. The Bertz CT molecular complexity index is 469. The van der Waals surface area contributed by atoms with E-state index in [9.17, 15) is 4.79 Å². The molecule has 1 atom stereocenters. The van der Waals surface area contributed by atoms with Crippen molar-refractivity contribution in [3.05, 3.63) is 33.8 Å². The lowest BCUT2D eigenvalue weighted by molar-refractivity contribution is -0.121. The Kier molecular flexibility index (Phi) is 6.31. The molecular formula is C15H22Cl2N2O. The first kappa shape index (κ1) is 17.3. The minimum atomic E-state index is -0.151. The predicted molar refractivity (Wildman–Crippen MR) is 85.2 cm³/mol. The van der Waals surface area contributed by atoms with Gasteiger partial charge in [0.1, 0.15) is 0 Å². The van der Waals surface area contributed by atoms with Gasteiger partial charge in [-0.15, -0.1) is 0 Å². The van der Waals surface area contributed by atoms with Crippen LogP contribution >= 0.6 is 23.2 Å². The zero-order valence-electron chi connectivity index (χ0n) is 12.2. The van der Waals surface area contributed by atoms with Crippen LogP contribution in [0.2, 0.25) is 10.0 Å². The summed E-state index contributed by atoms with van der Waals surface area (Å²) in [7, 11) is 0. The second-order valence-corrected chi connectivity index (χ2v) is 6.86. The number of halogens is 2. The van der Waals surface area contributed by atoms with Gasteiger partial charge in [-0.25, -0.2) is 0 Å². The second-order valence-electron chi connectivity index (χ2n) is 6.01. The van der Waals surface area contributed by atoms with Crippen molar-refractivity contribution in [3.63, 3.8) is 0 Å². The fraction of sp³-hybridized carbons (Fsp3) is 0.533. The molecule has 1 rings (SSSR count).